The van der Waals surface area contributed by atoms with Crippen LogP contribution < -0.4 is 21.1 Å². The fraction of sp³-hybridized carbons (Fsp3) is 0.387. The van der Waals surface area contributed by atoms with Crippen molar-refractivity contribution in [2.24, 2.45) is 0 Å². The first-order valence-corrected chi connectivity index (χ1v) is 14.6. The van der Waals surface area contributed by atoms with Gasteiger partial charge in [-0.25, -0.2) is 15.0 Å². The minimum Gasteiger partial charge on any atom is -0.496 e. The number of alkyl halides is 3. The molecule has 2 amide bonds. The Labute approximate surface area is 257 Å². The van der Waals surface area contributed by atoms with Gasteiger partial charge in [0.05, 0.1) is 18.2 Å². The standard InChI is InChI=1S/C31H33F3N8O3/c1-17-4-5-19(16-42(17)29(44)30(36-2)9-10-30)27-40-24(25-26(35)38-12-13-41(25)27)21-7-6-18(14-22(21)45-3)28(43)39-23-15-20(8-11-37-23)31(32,33)34/h6-8,11-15,17,19,36H,4-5,9-10,16H2,1-3H3,(H2,35,38)(H,37,39,43)/t17-,19-/m1/s1. The number of fused-ring (bicyclic) bond motifs is 1. The Hall–Kier alpha value is -4.72. The molecule has 0 bridgehead atoms. The fourth-order valence-corrected chi connectivity index (χ4v) is 6.03. The average molecular weight is 623 g/mol. The van der Waals surface area contributed by atoms with Crippen LogP contribution in [0.1, 0.15) is 60.3 Å². The largest absolute Gasteiger partial charge is 0.496 e. The summed E-state index contributed by atoms with van der Waals surface area (Å²) in [5, 5.41) is 5.62. The molecule has 1 aliphatic heterocycles. The van der Waals surface area contributed by atoms with Crippen LogP contribution in [0.2, 0.25) is 0 Å². The lowest BCUT2D eigenvalue weighted by atomic mass is 9.92. The van der Waals surface area contributed by atoms with Crippen LogP contribution in [0.15, 0.2) is 48.9 Å². The number of methoxy groups -OCH3 is 1. The number of likely N-dealkylation sites (N-methyl/N-ethyl adjacent to an activating group) is 1. The van der Waals surface area contributed by atoms with E-state index in [1.54, 1.807) is 18.5 Å². The second kappa shape index (κ2) is 11.3. The van der Waals surface area contributed by atoms with Crippen LogP contribution in [0.3, 0.4) is 0 Å². The fourth-order valence-electron chi connectivity index (χ4n) is 6.03. The summed E-state index contributed by atoms with van der Waals surface area (Å²) in [5.74, 6) is 0.408. The summed E-state index contributed by atoms with van der Waals surface area (Å²) in [7, 11) is 3.27. The molecule has 1 aromatic carbocycles. The normalized spacial score (nSPS) is 19.4. The van der Waals surface area contributed by atoms with E-state index in [-0.39, 0.29) is 35.1 Å². The number of piperidine rings is 1. The van der Waals surface area contributed by atoms with Crippen LogP contribution in [0.25, 0.3) is 16.8 Å². The highest BCUT2D eigenvalue weighted by Gasteiger charge is 2.52. The molecule has 11 nitrogen and oxygen atoms in total. The van der Waals surface area contributed by atoms with E-state index in [4.69, 9.17) is 15.5 Å². The highest BCUT2D eigenvalue weighted by atomic mass is 19.4. The van der Waals surface area contributed by atoms with Gasteiger partial charge in [-0.15, -0.1) is 0 Å². The van der Waals surface area contributed by atoms with Crippen LogP contribution in [-0.2, 0) is 11.0 Å². The molecule has 3 aromatic heterocycles. The van der Waals surface area contributed by atoms with E-state index < -0.39 is 23.2 Å². The van der Waals surface area contributed by atoms with Gasteiger partial charge < -0.3 is 26.0 Å². The van der Waals surface area contributed by atoms with Gasteiger partial charge in [-0.2, -0.15) is 13.2 Å². The molecule has 2 aliphatic rings. The summed E-state index contributed by atoms with van der Waals surface area (Å²) in [5.41, 5.74) is 6.69. The lowest BCUT2D eigenvalue weighted by molar-refractivity contribution is -0.138. The Bertz CT molecular complexity index is 1790. The molecule has 2 fully saturated rings. The highest BCUT2D eigenvalue weighted by molar-refractivity contribution is 6.04. The molecule has 0 unspecified atom stereocenters. The minimum absolute atomic E-state index is 0.0723. The molecule has 14 heteroatoms. The monoisotopic (exact) mass is 622 g/mol. The number of ether oxygens (including phenoxy) is 1. The molecule has 2 atom stereocenters. The molecule has 4 aromatic rings. The van der Waals surface area contributed by atoms with Gasteiger partial charge in [0.15, 0.2) is 0 Å². The average Bonchev–Trinajstić information content (AvgIpc) is 3.74. The zero-order valence-electron chi connectivity index (χ0n) is 25.0. The number of nitrogen functional groups attached to an aromatic ring is 1. The molecule has 4 N–H and O–H groups in total. The summed E-state index contributed by atoms with van der Waals surface area (Å²) in [6.45, 7) is 2.58. The topological polar surface area (TPSA) is 140 Å². The van der Waals surface area contributed by atoms with E-state index in [9.17, 15) is 22.8 Å². The number of imidazole rings is 1. The quantitative estimate of drug-likeness (QED) is 0.274. The maximum absolute atomic E-state index is 13.5. The van der Waals surface area contributed by atoms with Crippen LogP contribution in [-0.4, -0.2) is 68.3 Å². The summed E-state index contributed by atoms with van der Waals surface area (Å²) >= 11 is 0. The second-order valence-electron chi connectivity index (χ2n) is 11.6. The Kier molecular flexibility index (Phi) is 7.63. The van der Waals surface area contributed by atoms with Crippen molar-refractivity contribution in [3.8, 4) is 17.0 Å². The SMILES string of the molecule is CNC1(C(=O)N2C[C@H](c3nc(-c4ccc(C(=O)Nc5cc(C(F)(F)F)ccn5)cc4OC)c4c(N)nccn34)CC[C@H]2C)CC1. The number of aromatic nitrogens is 4. The zero-order valence-corrected chi connectivity index (χ0v) is 25.0. The van der Waals surface area contributed by atoms with Gasteiger partial charge in [-0.1, -0.05) is 0 Å². The Morgan fingerprint density at radius 2 is 1.89 bits per heavy atom. The van der Waals surface area contributed by atoms with E-state index in [2.05, 4.69) is 27.5 Å². The molecule has 1 aliphatic carbocycles. The van der Waals surface area contributed by atoms with Crippen molar-refractivity contribution in [3.63, 3.8) is 0 Å². The second-order valence-corrected chi connectivity index (χ2v) is 11.6. The number of nitrogens with one attached hydrogen (secondary N) is 2. The van der Waals surface area contributed by atoms with Crippen LogP contribution in [0, 0.1) is 0 Å². The van der Waals surface area contributed by atoms with Crippen molar-refractivity contribution in [2.75, 3.05) is 31.8 Å². The van der Waals surface area contributed by atoms with E-state index >= 15 is 0 Å². The van der Waals surface area contributed by atoms with E-state index in [1.165, 1.54) is 19.2 Å². The number of carbonyl (C=O) groups excluding carboxylic acids is 2. The summed E-state index contributed by atoms with van der Waals surface area (Å²) in [6, 6.07) is 6.34. The van der Waals surface area contributed by atoms with Crippen molar-refractivity contribution >= 4 is 29.0 Å². The molecule has 1 saturated heterocycles. The number of hydrogen-bond acceptors (Lipinski definition) is 8. The molecular weight excluding hydrogens is 589 g/mol. The van der Waals surface area contributed by atoms with E-state index in [1.807, 2.05) is 16.3 Å². The highest BCUT2D eigenvalue weighted by Crippen LogP contribution is 2.42. The maximum Gasteiger partial charge on any atom is 0.416 e. The predicted octanol–water partition coefficient (Wildman–Crippen LogP) is 4.50. The third-order valence-corrected chi connectivity index (χ3v) is 8.80. The molecule has 45 heavy (non-hydrogen) atoms. The number of pyridine rings is 1. The number of nitrogens with zero attached hydrogens (tertiary/aromatic N) is 5. The smallest absolute Gasteiger partial charge is 0.416 e. The van der Waals surface area contributed by atoms with Gasteiger partial charge in [-0.05, 0) is 70.0 Å². The molecular formula is C31H33F3N8O3. The zero-order chi connectivity index (χ0) is 32.1. The first-order chi connectivity index (χ1) is 21.5. The van der Waals surface area contributed by atoms with Crippen LogP contribution in [0.5, 0.6) is 5.75 Å². The third kappa shape index (κ3) is 5.54. The van der Waals surface area contributed by atoms with Crippen molar-refractivity contribution in [3.05, 3.63) is 65.9 Å². The summed E-state index contributed by atoms with van der Waals surface area (Å²) in [6.07, 6.45) is 3.05. The number of benzene rings is 1. The third-order valence-electron chi connectivity index (χ3n) is 8.80. The lowest BCUT2D eigenvalue weighted by Gasteiger charge is -2.39. The van der Waals surface area contributed by atoms with Crippen molar-refractivity contribution in [1.82, 2.24) is 29.6 Å². The first kappa shape index (κ1) is 30.3. The van der Waals surface area contributed by atoms with Crippen LogP contribution >= 0.6 is 0 Å². The Balaban J connectivity index is 1.33. The van der Waals surface area contributed by atoms with Gasteiger partial charge in [0.25, 0.3) is 5.91 Å². The molecule has 0 radical (unpaired) electrons. The Morgan fingerprint density at radius 3 is 2.58 bits per heavy atom. The van der Waals surface area contributed by atoms with Crippen LogP contribution in [0.4, 0.5) is 24.8 Å². The first-order valence-electron chi connectivity index (χ1n) is 14.6. The summed E-state index contributed by atoms with van der Waals surface area (Å²) in [4.78, 5) is 41.6. The number of rotatable bonds is 7. The lowest BCUT2D eigenvalue weighted by Crippen LogP contribution is -2.53. The number of hydrogen-bond donors (Lipinski definition) is 3. The van der Waals surface area contributed by atoms with E-state index in [0.29, 0.717) is 29.1 Å². The molecule has 6 rings (SSSR count). The van der Waals surface area contributed by atoms with Crippen molar-refractivity contribution in [1.29, 1.82) is 0 Å². The number of halogens is 3. The number of amides is 2. The van der Waals surface area contributed by atoms with Gasteiger partial charge in [-0.3, -0.25) is 14.0 Å². The molecule has 0 spiro atoms. The van der Waals surface area contributed by atoms with Crippen molar-refractivity contribution < 1.29 is 27.5 Å². The van der Waals surface area contributed by atoms with Gasteiger partial charge in [0.1, 0.15) is 34.4 Å². The summed E-state index contributed by atoms with van der Waals surface area (Å²) < 4.78 is 46.9. The number of likely N-dealkylation sites (tertiary alicyclic amines) is 1. The van der Waals surface area contributed by atoms with Gasteiger partial charge in [0, 0.05) is 48.2 Å². The number of carbonyl (C=O) groups is 2. The molecule has 1 saturated carbocycles. The van der Waals surface area contributed by atoms with E-state index in [0.717, 1.165) is 49.8 Å². The van der Waals surface area contributed by atoms with Crippen molar-refractivity contribution in [2.45, 2.75) is 56.3 Å². The number of anilines is 2. The maximum atomic E-state index is 13.5. The Morgan fingerprint density at radius 1 is 1.11 bits per heavy atom. The molecule has 4 heterocycles. The minimum atomic E-state index is -4.58. The van der Waals surface area contributed by atoms with Gasteiger partial charge in [0.2, 0.25) is 5.91 Å². The molecule has 236 valence electrons. The van der Waals surface area contributed by atoms with Gasteiger partial charge >= 0.3 is 6.18 Å². The number of nitrogens with two attached hydrogens (primary N) is 1. The predicted molar refractivity (Wildman–Crippen MR) is 161 cm³/mol.